The Bertz CT molecular complexity index is 714. The van der Waals surface area contributed by atoms with Crippen LogP contribution in [-0.2, 0) is 0 Å². The molecule has 0 N–H and O–H groups in total. The molecule has 20 heavy (non-hydrogen) atoms. The van der Waals surface area contributed by atoms with Crippen molar-refractivity contribution in [3.05, 3.63) is 57.0 Å². The molecular formula is C15H10Cl2N2S. The highest BCUT2D eigenvalue weighted by atomic mass is 35.5. The van der Waals surface area contributed by atoms with E-state index in [1.807, 2.05) is 48.0 Å². The predicted molar refractivity (Wildman–Crippen MR) is 85.5 cm³/mol. The first-order valence-electron chi connectivity index (χ1n) is 5.98. The highest BCUT2D eigenvalue weighted by Gasteiger charge is 2.14. The van der Waals surface area contributed by atoms with Crippen molar-refractivity contribution in [1.29, 1.82) is 0 Å². The van der Waals surface area contributed by atoms with E-state index in [4.69, 9.17) is 23.2 Å². The van der Waals surface area contributed by atoms with E-state index in [-0.39, 0.29) is 0 Å². The molecular weight excluding hydrogens is 311 g/mol. The van der Waals surface area contributed by atoms with Crippen molar-refractivity contribution in [2.45, 2.75) is 6.92 Å². The minimum atomic E-state index is 0.370. The Morgan fingerprint density at radius 2 is 1.55 bits per heavy atom. The fourth-order valence-electron chi connectivity index (χ4n) is 1.89. The smallest absolute Gasteiger partial charge is 0.163 e. The Kier molecular flexibility index (Phi) is 3.74. The molecule has 0 spiro atoms. The van der Waals surface area contributed by atoms with Gasteiger partial charge < -0.3 is 0 Å². The molecule has 0 saturated carbocycles. The average molecular weight is 321 g/mol. The monoisotopic (exact) mass is 320 g/mol. The van der Waals surface area contributed by atoms with Gasteiger partial charge in [-0.05, 0) is 23.9 Å². The van der Waals surface area contributed by atoms with Crippen LogP contribution in [0.3, 0.4) is 0 Å². The second-order valence-electron chi connectivity index (χ2n) is 4.38. The molecule has 0 unspecified atom stereocenters. The lowest BCUT2D eigenvalue weighted by Gasteiger charge is -2.08. The molecule has 0 bridgehead atoms. The quantitative estimate of drug-likeness (QED) is 0.583. The van der Waals surface area contributed by atoms with Crippen molar-refractivity contribution >= 4 is 34.5 Å². The first-order chi connectivity index (χ1) is 9.65. The number of benzene rings is 1. The van der Waals surface area contributed by atoms with Crippen LogP contribution >= 0.6 is 34.5 Å². The number of thiophene rings is 1. The minimum absolute atomic E-state index is 0.370. The highest BCUT2D eigenvalue weighted by molar-refractivity contribution is 7.08. The molecule has 1 aromatic carbocycles. The molecule has 0 saturated heterocycles. The van der Waals surface area contributed by atoms with E-state index >= 15 is 0 Å². The molecule has 2 aromatic heterocycles. The molecule has 0 aliphatic heterocycles. The fraction of sp³-hybridized carbons (Fsp3) is 0.0667. The van der Waals surface area contributed by atoms with Crippen molar-refractivity contribution in [2.75, 3.05) is 0 Å². The van der Waals surface area contributed by atoms with Crippen molar-refractivity contribution in [3.8, 4) is 22.5 Å². The van der Waals surface area contributed by atoms with Crippen LogP contribution in [-0.4, -0.2) is 9.97 Å². The zero-order chi connectivity index (χ0) is 14.1. The van der Waals surface area contributed by atoms with Crippen molar-refractivity contribution in [2.24, 2.45) is 0 Å². The summed E-state index contributed by atoms with van der Waals surface area (Å²) in [4.78, 5) is 8.70. The van der Waals surface area contributed by atoms with Gasteiger partial charge in [0.2, 0.25) is 0 Å². The van der Waals surface area contributed by atoms with Gasteiger partial charge in [-0.15, -0.1) is 0 Å². The third-order valence-corrected chi connectivity index (χ3v) is 4.17. The average Bonchev–Trinajstić information content (AvgIpc) is 2.94. The Labute approximate surface area is 131 Å². The number of aryl methyl sites for hydroxylation is 1. The van der Waals surface area contributed by atoms with Crippen LogP contribution < -0.4 is 0 Å². The summed E-state index contributed by atoms with van der Waals surface area (Å²) in [5.41, 5.74) is 3.70. The molecule has 2 nitrogen and oxygen atoms in total. The van der Waals surface area contributed by atoms with Crippen LogP contribution in [0, 0.1) is 6.92 Å². The van der Waals surface area contributed by atoms with E-state index in [2.05, 4.69) is 9.97 Å². The van der Waals surface area contributed by atoms with Crippen LogP contribution in [0.25, 0.3) is 22.5 Å². The first kappa shape index (κ1) is 13.6. The molecule has 0 aliphatic rings. The van der Waals surface area contributed by atoms with Crippen molar-refractivity contribution in [3.63, 3.8) is 0 Å². The number of rotatable bonds is 2. The lowest BCUT2D eigenvalue weighted by molar-refractivity contribution is 1.18. The summed E-state index contributed by atoms with van der Waals surface area (Å²) < 4.78 is 0. The minimum Gasteiger partial charge on any atom is -0.216 e. The highest BCUT2D eigenvalue weighted by Crippen LogP contribution is 2.34. The largest absolute Gasteiger partial charge is 0.216 e. The number of hydrogen-bond acceptors (Lipinski definition) is 3. The number of halogens is 2. The summed E-state index contributed by atoms with van der Waals surface area (Å²) in [6.45, 7) is 2.03. The Morgan fingerprint density at radius 1 is 0.900 bits per heavy atom. The van der Waals surface area contributed by atoms with Gasteiger partial charge >= 0.3 is 0 Å². The molecule has 0 radical (unpaired) electrons. The topological polar surface area (TPSA) is 25.8 Å². The van der Waals surface area contributed by atoms with E-state index in [1.165, 1.54) is 5.56 Å². The predicted octanol–water partition coefficient (Wildman–Crippen LogP) is 5.49. The van der Waals surface area contributed by atoms with Crippen LogP contribution in [0.15, 0.2) is 41.1 Å². The molecule has 0 amide bonds. The summed E-state index contributed by atoms with van der Waals surface area (Å²) in [7, 11) is 0. The normalized spacial score (nSPS) is 10.8. The Morgan fingerprint density at radius 3 is 2.10 bits per heavy atom. The van der Waals surface area contributed by atoms with Crippen molar-refractivity contribution in [1.82, 2.24) is 9.97 Å². The molecule has 0 fully saturated rings. The van der Waals surface area contributed by atoms with E-state index in [9.17, 15) is 0 Å². The van der Waals surface area contributed by atoms with Gasteiger partial charge in [0, 0.05) is 10.9 Å². The number of hydrogen-bond donors (Lipinski definition) is 0. The number of aromatic nitrogens is 2. The van der Waals surface area contributed by atoms with Crippen LogP contribution in [0.4, 0.5) is 0 Å². The standard InChI is InChI=1S/C15H10Cl2N2S/c1-9-2-4-10(5-3-9)12-13(16)18-15(19-14(12)17)11-6-7-20-8-11/h2-8H,1H3. The summed E-state index contributed by atoms with van der Waals surface area (Å²) in [5, 5.41) is 4.67. The van der Waals surface area contributed by atoms with E-state index in [1.54, 1.807) is 11.3 Å². The maximum atomic E-state index is 6.29. The molecule has 5 heteroatoms. The summed E-state index contributed by atoms with van der Waals surface area (Å²) >= 11 is 14.2. The van der Waals surface area contributed by atoms with Gasteiger partial charge in [-0.2, -0.15) is 11.3 Å². The first-order valence-corrected chi connectivity index (χ1v) is 7.67. The zero-order valence-electron chi connectivity index (χ0n) is 10.6. The third-order valence-electron chi connectivity index (χ3n) is 2.94. The van der Waals surface area contributed by atoms with E-state index < -0.39 is 0 Å². The summed E-state index contributed by atoms with van der Waals surface area (Å²) in [6.07, 6.45) is 0. The maximum Gasteiger partial charge on any atom is 0.163 e. The van der Waals surface area contributed by atoms with Crippen LogP contribution in [0.5, 0.6) is 0 Å². The summed E-state index contributed by atoms with van der Waals surface area (Å²) in [6, 6.07) is 9.90. The Hall–Kier alpha value is -1.42. The molecule has 100 valence electrons. The zero-order valence-corrected chi connectivity index (χ0v) is 12.9. The molecule has 3 rings (SSSR count). The fourth-order valence-corrected chi connectivity index (χ4v) is 3.13. The lowest BCUT2D eigenvalue weighted by atomic mass is 10.1. The molecule has 0 aliphatic carbocycles. The lowest BCUT2D eigenvalue weighted by Crippen LogP contribution is -1.93. The molecule has 3 aromatic rings. The van der Waals surface area contributed by atoms with E-state index in [0.29, 0.717) is 21.7 Å². The SMILES string of the molecule is Cc1ccc(-c2c(Cl)nc(-c3ccsc3)nc2Cl)cc1. The maximum absolute atomic E-state index is 6.29. The van der Waals surface area contributed by atoms with Gasteiger partial charge in [0.15, 0.2) is 5.82 Å². The number of nitrogens with zero attached hydrogens (tertiary/aromatic N) is 2. The second kappa shape index (κ2) is 5.52. The van der Waals surface area contributed by atoms with Gasteiger partial charge in [-0.25, -0.2) is 9.97 Å². The van der Waals surface area contributed by atoms with Crippen molar-refractivity contribution < 1.29 is 0 Å². The van der Waals surface area contributed by atoms with E-state index in [0.717, 1.165) is 11.1 Å². The third kappa shape index (κ3) is 2.57. The van der Waals surface area contributed by atoms with Gasteiger partial charge in [0.1, 0.15) is 10.3 Å². The van der Waals surface area contributed by atoms with Gasteiger partial charge in [-0.1, -0.05) is 53.0 Å². The molecule has 0 atom stereocenters. The second-order valence-corrected chi connectivity index (χ2v) is 5.88. The van der Waals surface area contributed by atoms with Gasteiger partial charge in [0.05, 0.1) is 5.56 Å². The Balaban J connectivity index is 2.11. The van der Waals surface area contributed by atoms with Gasteiger partial charge in [-0.3, -0.25) is 0 Å². The molecule has 2 heterocycles. The van der Waals surface area contributed by atoms with Gasteiger partial charge in [0.25, 0.3) is 0 Å². The summed E-state index contributed by atoms with van der Waals surface area (Å²) in [5.74, 6) is 0.553. The van der Waals surface area contributed by atoms with Crippen LogP contribution in [0.2, 0.25) is 10.3 Å². The van der Waals surface area contributed by atoms with Crippen LogP contribution in [0.1, 0.15) is 5.56 Å².